The lowest BCUT2D eigenvalue weighted by Crippen LogP contribution is -2.01. The van der Waals surface area contributed by atoms with E-state index in [4.69, 9.17) is 14.6 Å². The van der Waals surface area contributed by atoms with Crippen molar-refractivity contribution in [3.63, 3.8) is 0 Å². The molecule has 108 valence electrons. The Morgan fingerprint density at radius 2 is 1.90 bits per heavy atom. The van der Waals surface area contributed by atoms with Crippen molar-refractivity contribution in [2.45, 2.75) is 0 Å². The smallest absolute Gasteiger partial charge is 0.339 e. The standard InChI is InChI=1S/C14H11NO6/c1-20-10-3-2-4-11(8-10)21-13-7-9(15(18)19)5-6-12(13)14(16)17/h2-8H,1H3,(H,16,17). The van der Waals surface area contributed by atoms with E-state index >= 15 is 0 Å². The molecular weight excluding hydrogens is 278 g/mol. The number of ether oxygens (including phenoxy) is 2. The van der Waals surface area contributed by atoms with Gasteiger partial charge >= 0.3 is 5.97 Å². The van der Waals surface area contributed by atoms with E-state index in [1.165, 1.54) is 7.11 Å². The Morgan fingerprint density at radius 3 is 2.52 bits per heavy atom. The first-order valence-electron chi connectivity index (χ1n) is 5.85. The fourth-order valence-corrected chi connectivity index (χ4v) is 1.68. The van der Waals surface area contributed by atoms with Gasteiger partial charge in [-0.1, -0.05) is 6.07 Å². The summed E-state index contributed by atoms with van der Waals surface area (Å²) >= 11 is 0. The molecule has 0 unspecified atom stereocenters. The van der Waals surface area contributed by atoms with Crippen LogP contribution < -0.4 is 9.47 Å². The molecule has 0 bridgehead atoms. The van der Waals surface area contributed by atoms with Crippen molar-refractivity contribution in [2.75, 3.05) is 7.11 Å². The second-order valence-corrected chi connectivity index (χ2v) is 4.02. The third kappa shape index (κ3) is 3.27. The van der Waals surface area contributed by atoms with Gasteiger partial charge in [0.15, 0.2) is 0 Å². The molecule has 0 fully saturated rings. The number of carbonyl (C=O) groups is 1. The van der Waals surface area contributed by atoms with Crippen LogP contribution in [0.15, 0.2) is 42.5 Å². The van der Waals surface area contributed by atoms with Crippen LogP contribution in [0.4, 0.5) is 5.69 Å². The fourth-order valence-electron chi connectivity index (χ4n) is 1.68. The molecule has 0 aliphatic carbocycles. The number of carboxylic acid groups (broad SMARTS) is 1. The number of non-ortho nitro benzene ring substituents is 1. The summed E-state index contributed by atoms with van der Waals surface area (Å²) in [6.45, 7) is 0. The van der Waals surface area contributed by atoms with Crippen molar-refractivity contribution in [2.24, 2.45) is 0 Å². The summed E-state index contributed by atoms with van der Waals surface area (Å²) in [6.07, 6.45) is 0. The van der Waals surface area contributed by atoms with Gasteiger partial charge in [-0.15, -0.1) is 0 Å². The summed E-state index contributed by atoms with van der Waals surface area (Å²) in [7, 11) is 1.48. The molecule has 0 aliphatic rings. The van der Waals surface area contributed by atoms with Crippen LogP contribution in [0.3, 0.4) is 0 Å². The highest BCUT2D eigenvalue weighted by Gasteiger charge is 2.17. The van der Waals surface area contributed by atoms with Crippen LogP contribution >= 0.6 is 0 Å². The lowest BCUT2D eigenvalue weighted by atomic mass is 10.2. The summed E-state index contributed by atoms with van der Waals surface area (Å²) < 4.78 is 10.5. The molecule has 2 aromatic carbocycles. The average molecular weight is 289 g/mol. The van der Waals surface area contributed by atoms with Gasteiger partial charge in [0.1, 0.15) is 22.8 Å². The molecule has 0 saturated heterocycles. The van der Waals surface area contributed by atoms with E-state index in [1.54, 1.807) is 24.3 Å². The summed E-state index contributed by atoms with van der Waals surface area (Å²) in [5.74, 6) is -0.500. The van der Waals surface area contributed by atoms with Crippen LogP contribution in [0, 0.1) is 10.1 Å². The van der Waals surface area contributed by atoms with Crippen molar-refractivity contribution in [3.8, 4) is 17.2 Å². The normalized spacial score (nSPS) is 9.95. The highest BCUT2D eigenvalue weighted by Crippen LogP contribution is 2.31. The molecule has 0 radical (unpaired) electrons. The van der Waals surface area contributed by atoms with Gasteiger partial charge < -0.3 is 14.6 Å². The summed E-state index contributed by atoms with van der Waals surface area (Å²) in [5, 5.41) is 19.9. The molecule has 21 heavy (non-hydrogen) atoms. The lowest BCUT2D eigenvalue weighted by molar-refractivity contribution is -0.384. The maximum Gasteiger partial charge on any atom is 0.339 e. The second-order valence-electron chi connectivity index (χ2n) is 4.02. The molecule has 0 aliphatic heterocycles. The quantitative estimate of drug-likeness (QED) is 0.670. The Hall–Kier alpha value is -3.09. The van der Waals surface area contributed by atoms with Crippen LogP contribution in [0.2, 0.25) is 0 Å². The van der Waals surface area contributed by atoms with Crippen LogP contribution in [-0.2, 0) is 0 Å². The second kappa shape index (κ2) is 5.91. The van der Waals surface area contributed by atoms with Gasteiger partial charge in [0.2, 0.25) is 0 Å². The minimum absolute atomic E-state index is 0.107. The van der Waals surface area contributed by atoms with Gasteiger partial charge in [-0.2, -0.15) is 0 Å². The van der Waals surface area contributed by atoms with Crippen LogP contribution in [0.25, 0.3) is 0 Å². The predicted molar refractivity (Wildman–Crippen MR) is 73.1 cm³/mol. The molecule has 0 aromatic heterocycles. The average Bonchev–Trinajstić information content (AvgIpc) is 2.47. The molecule has 0 spiro atoms. The number of nitrogens with zero attached hydrogens (tertiary/aromatic N) is 1. The van der Waals surface area contributed by atoms with Gasteiger partial charge in [0.05, 0.1) is 18.1 Å². The first kappa shape index (κ1) is 14.3. The van der Waals surface area contributed by atoms with E-state index in [1.807, 2.05) is 0 Å². The minimum Gasteiger partial charge on any atom is -0.497 e. The van der Waals surface area contributed by atoms with E-state index < -0.39 is 10.9 Å². The zero-order valence-corrected chi connectivity index (χ0v) is 11.0. The third-order valence-corrected chi connectivity index (χ3v) is 2.68. The SMILES string of the molecule is COc1cccc(Oc2cc([N+](=O)[O-])ccc2C(=O)O)c1. The summed E-state index contributed by atoms with van der Waals surface area (Å²) in [4.78, 5) is 21.3. The third-order valence-electron chi connectivity index (χ3n) is 2.68. The zero-order chi connectivity index (χ0) is 15.4. The molecule has 2 aromatic rings. The molecule has 2 rings (SSSR count). The number of hydrogen-bond donors (Lipinski definition) is 1. The van der Waals surface area contributed by atoms with Crippen LogP contribution in [0.1, 0.15) is 10.4 Å². The van der Waals surface area contributed by atoms with Crippen LogP contribution in [-0.4, -0.2) is 23.1 Å². The zero-order valence-electron chi connectivity index (χ0n) is 11.0. The molecule has 0 heterocycles. The van der Waals surface area contributed by atoms with Crippen molar-refractivity contribution in [1.29, 1.82) is 0 Å². The summed E-state index contributed by atoms with van der Waals surface area (Å²) in [5.41, 5.74) is -0.415. The van der Waals surface area contributed by atoms with Crippen molar-refractivity contribution in [3.05, 3.63) is 58.1 Å². The maximum atomic E-state index is 11.1. The van der Waals surface area contributed by atoms with Gasteiger partial charge in [-0.3, -0.25) is 10.1 Å². The van der Waals surface area contributed by atoms with Gasteiger partial charge in [-0.05, 0) is 18.2 Å². The van der Waals surface area contributed by atoms with Crippen LogP contribution in [0.5, 0.6) is 17.2 Å². The van der Waals surface area contributed by atoms with E-state index in [9.17, 15) is 14.9 Å². The predicted octanol–water partition coefficient (Wildman–Crippen LogP) is 3.09. The maximum absolute atomic E-state index is 11.1. The van der Waals surface area contributed by atoms with Gasteiger partial charge in [-0.25, -0.2) is 4.79 Å². The summed E-state index contributed by atoms with van der Waals surface area (Å²) in [6, 6.07) is 9.81. The molecule has 0 amide bonds. The molecule has 7 heteroatoms. The molecule has 0 saturated carbocycles. The molecule has 1 N–H and O–H groups in total. The largest absolute Gasteiger partial charge is 0.497 e. The number of aromatic carboxylic acids is 1. The van der Waals surface area contributed by atoms with E-state index in [-0.39, 0.29) is 17.0 Å². The Bertz CT molecular complexity index is 698. The molecule has 0 atom stereocenters. The highest BCUT2D eigenvalue weighted by atomic mass is 16.6. The van der Waals surface area contributed by atoms with Crippen molar-refractivity contribution in [1.82, 2.24) is 0 Å². The number of benzene rings is 2. The Labute approximate surface area is 119 Å². The number of carboxylic acids is 1. The Morgan fingerprint density at radius 1 is 1.19 bits per heavy atom. The van der Waals surface area contributed by atoms with E-state index in [2.05, 4.69) is 0 Å². The van der Waals surface area contributed by atoms with Crippen molar-refractivity contribution < 1.29 is 24.3 Å². The first-order chi connectivity index (χ1) is 10.0. The van der Waals surface area contributed by atoms with Gasteiger partial charge in [0.25, 0.3) is 5.69 Å². The lowest BCUT2D eigenvalue weighted by Gasteiger charge is -2.09. The van der Waals surface area contributed by atoms with E-state index in [0.717, 1.165) is 18.2 Å². The Kier molecular flexibility index (Phi) is 4.03. The Balaban J connectivity index is 2.42. The minimum atomic E-state index is -1.23. The number of nitro groups is 1. The monoisotopic (exact) mass is 289 g/mol. The topological polar surface area (TPSA) is 98.9 Å². The number of nitro benzene ring substituents is 1. The number of rotatable bonds is 5. The molecule has 7 nitrogen and oxygen atoms in total. The number of hydrogen-bond acceptors (Lipinski definition) is 5. The van der Waals surface area contributed by atoms with Gasteiger partial charge in [0, 0.05) is 12.1 Å². The van der Waals surface area contributed by atoms with E-state index in [0.29, 0.717) is 11.5 Å². The molecular formula is C14H11NO6. The highest BCUT2D eigenvalue weighted by molar-refractivity contribution is 5.91. The number of methoxy groups -OCH3 is 1. The first-order valence-corrected chi connectivity index (χ1v) is 5.85. The fraction of sp³-hybridized carbons (Fsp3) is 0.0714. The van der Waals surface area contributed by atoms with Crippen molar-refractivity contribution >= 4 is 11.7 Å².